The highest BCUT2D eigenvalue weighted by Gasteiger charge is 2.16. The molecule has 4 N–H and O–H groups in total. The summed E-state index contributed by atoms with van der Waals surface area (Å²) < 4.78 is 5.33. The van der Waals surface area contributed by atoms with Crippen molar-refractivity contribution in [3.63, 3.8) is 0 Å². The van der Waals surface area contributed by atoms with E-state index in [9.17, 15) is 0 Å². The van der Waals surface area contributed by atoms with E-state index < -0.39 is 0 Å². The van der Waals surface area contributed by atoms with Gasteiger partial charge in [0.1, 0.15) is 0 Å². The highest BCUT2D eigenvalue weighted by atomic mass is 16.5. The standard InChI is InChI=1S/C15H19N7O/c16-15(17)20-18-9-11-3-5-12(6-4-11)14-19-13(23-21-14)10-22-7-1-2-8-22/h3-6,9H,1-2,7-8,10H2,(H4,16,17,20). The molecule has 0 bridgehead atoms. The Labute approximate surface area is 133 Å². The molecule has 8 heteroatoms. The minimum Gasteiger partial charge on any atom is -0.369 e. The first-order valence-electron chi connectivity index (χ1n) is 7.48. The lowest BCUT2D eigenvalue weighted by molar-refractivity contribution is 0.268. The maximum Gasteiger partial charge on any atom is 0.241 e. The van der Waals surface area contributed by atoms with Crippen LogP contribution in [0.5, 0.6) is 0 Å². The molecule has 120 valence electrons. The molecule has 1 aliphatic heterocycles. The largest absolute Gasteiger partial charge is 0.369 e. The summed E-state index contributed by atoms with van der Waals surface area (Å²) in [4.78, 5) is 6.77. The van der Waals surface area contributed by atoms with Crippen LogP contribution in [-0.2, 0) is 6.54 Å². The normalized spacial score (nSPS) is 15.3. The number of likely N-dealkylation sites (tertiary alicyclic amines) is 1. The minimum absolute atomic E-state index is 0.0739. The molecule has 0 atom stereocenters. The van der Waals surface area contributed by atoms with Crippen LogP contribution in [0.3, 0.4) is 0 Å². The van der Waals surface area contributed by atoms with Gasteiger partial charge in [-0.2, -0.15) is 10.1 Å². The van der Waals surface area contributed by atoms with Gasteiger partial charge in [-0.25, -0.2) is 0 Å². The van der Waals surface area contributed by atoms with Gasteiger partial charge in [0.05, 0.1) is 12.8 Å². The van der Waals surface area contributed by atoms with Crippen LogP contribution in [0.25, 0.3) is 11.4 Å². The highest BCUT2D eigenvalue weighted by Crippen LogP contribution is 2.18. The van der Waals surface area contributed by atoms with Crippen molar-refractivity contribution in [2.75, 3.05) is 13.1 Å². The topological polar surface area (TPSA) is 119 Å². The van der Waals surface area contributed by atoms with Crippen molar-refractivity contribution in [3.8, 4) is 11.4 Å². The summed E-state index contributed by atoms with van der Waals surface area (Å²) in [6.45, 7) is 2.92. The quantitative estimate of drug-likeness (QED) is 0.481. The van der Waals surface area contributed by atoms with Gasteiger partial charge in [-0.3, -0.25) is 4.90 Å². The van der Waals surface area contributed by atoms with Crippen molar-refractivity contribution in [3.05, 3.63) is 35.7 Å². The van der Waals surface area contributed by atoms with Crippen LogP contribution in [0, 0.1) is 0 Å². The van der Waals surface area contributed by atoms with E-state index in [2.05, 4.69) is 25.2 Å². The van der Waals surface area contributed by atoms with Gasteiger partial charge >= 0.3 is 0 Å². The smallest absolute Gasteiger partial charge is 0.241 e. The van der Waals surface area contributed by atoms with E-state index in [-0.39, 0.29) is 5.96 Å². The van der Waals surface area contributed by atoms with E-state index in [1.54, 1.807) is 6.21 Å². The minimum atomic E-state index is -0.0739. The third-order valence-electron chi connectivity index (χ3n) is 3.57. The zero-order chi connectivity index (χ0) is 16.1. The van der Waals surface area contributed by atoms with E-state index in [0.29, 0.717) is 11.7 Å². The number of rotatable bonds is 5. The summed E-state index contributed by atoms with van der Waals surface area (Å²) in [5.74, 6) is 1.17. The molecule has 3 rings (SSSR count). The van der Waals surface area contributed by atoms with Crippen molar-refractivity contribution in [1.82, 2.24) is 15.0 Å². The van der Waals surface area contributed by atoms with Crippen LogP contribution < -0.4 is 11.5 Å². The first kappa shape index (κ1) is 15.2. The molecule has 0 amide bonds. The Bertz CT molecular complexity index is 695. The summed E-state index contributed by atoms with van der Waals surface area (Å²) in [7, 11) is 0. The van der Waals surface area contributed by atoms with Crippen LogP contribution in [0.4, 0.5) is 0 Å². The van der Waals surface area contributed by atoms with Crippen LogP contribution in [-0.4, -0.2) is 40.3 Å². The zero-order valence-electron chi connectivity index (χ0n) is 12.7. The van der Waals surface area contributed by atoms with E-state index in [1.165, 1.54) is 12.8 Å². The molecule has 0 unspecified atom stereocenters. The molecule has 2 heterocycles. The molecule has 0 saturated carbocycles. The predicted octanol–water partition coefficient (Wildman–Crippen LogP) is 0.940. The lowest BCUT2D eigenvalue weighted by Gasteiger charge is -2.09. The molecule has 2 aromatic rings. The molecule has 1 saturated heterocycles. The van der Waals surface area contributed by atoms with Crippen molar-refractivity contribution in [1.29, 1.82) is 0 Å². The van der Waals surface area contributed by atoms with Gasteiger partial charge in [0, 0.05) is 5.56 Å². The molecule has 23 heavy (non-hydrogen) atoms. The van der Waals surface area contributed by atoms with Crippen molar-refractivity contribution in [2.24, 2.45) is 21.7 Å². The van der Waals surface area contributed by atoms with Crippen molar-refractivity contribution in [2.45, 2.75) is 19.4 Å². The third-order valence-corrected chi connectivity index (χ3v) is 3.57. The maximum atomic E-state index is 5.33. The highest BCUT2D eigenvalue weighted by molar-refractivity contribution is 5.82. The van der Waals surface area contributed by atoms with E-state index in [0.717, 1.165) is 30.8 Å². The molecule has 0 radical (unpaired) electrons. The number of hydrogen-bond donors (Lipinski definition) is 2. The summed E-state index contributed by atoms with van der Waals surface area (Å²) >= 11 is 0. The first-order valence-corrected chi connectivity index (χ1v) is 7.48. The van der Waals surface area contributed by atoms with Gasteiger partial charge in [0.2, 0.25) is 17.7 Å². The predicted molar refractivity (Wildman–Crippen MR) is 87.6 cm³/mol. The first-order chi connectivity index (χ1) is 11.2. The molecule has 1 aliphatic rings. The van der Waals surface area contributed by atoms with E-state index in [1.807, 2.05) is 24.3 Å². The fourth-order valence-electron chi connectivity index (χ4n) is 2.45. The third kappa shape index (κ3) is 4.13. The molecule has 1 fully saturated rings. The fourth-order valence-corrected chi connectivity index (χ4v) is 2.45. The molecule has 0 aliphatic carbocycles. The fraction of sp³-hybridized carbons (Fsp3) is 0.333. The average molecular weight is 313 g/mol. The van der Waals surface area contributed by atoms with Crippen LogP contribution in [0.1, 0.15) is 24.3 Å². The number of guanidine groups is 1. The number of aromatic nitrogens is 2. The second-order valence-corrected chi connectivity index (χ2v) is 5.39. The Morgan fingerprint density at radius 2 is 1.96 bits per heavy atom. The summed E-state index contributed by atoms with van der Waals surface area (Å²) in [5.41, 5.74) is 12.2. The Kier molecular flexibility index (Phi) is 4.62. The van der Waals surface area contributed by atoms with Gasteiger partial charge in [-0.1, -0.05) is 29.4 Å². The lowest BCUT2D eigenvalue weighted by Crippen LogP contribution is -2.21. The number of nitrogens with two attached hydrogens (primary N) is 2. The van der Waals surface area contributed by atoms with Gasteiger partial charge < -0.3 is 16.0 Å². The Morgan fingerprint density at radius 1 is 1.22 bits per heavy atom. The maximum absolute atomic E-state index is 5.33. The number of benzene rings is 1. The van der Waals surface area contributed by atoms with E-state index in [4.69, 9.17) is 16.0 Å². The monoisotopic (exact) mass is 313 g/mol. The molecule has 0 spiro atoms. The van der Waals surface area contributed by atoms with Gasteiger partial charge in [-0.05, 0) is 31.5 Å². The van der Waals surface area contributed by atoms with Crippen LogP contribution >= 0.6 is 0 Å². The van der Waals surface area contributed by atoms with Gasteiger partial charge in [-0.15, -0.1) is 5.10 Å². The van der Waals surface area contributed by atoms with Crippen LogP contribution in [0.2, 0.25) is 0 Å². The van der Waals surface area contributed by atoms with Gasteiger partial charge in [0.15, 0.2) is 0 Å². The van der Waals surface area contributed by atoms with E-state index >= 15 is 0 Å². The number of hydrogen-bond acceptors (Lipinski definition) is 6. The Balaban J connectivity index is 1.66. The summed E-state index contributed by atoms with van der Waals surface area (Å²) in [5, 5.41) is 11.4. The SMILES string of the molecule is NC(N)=NN=Cc1ccc(-c2noc(CN3CCCC3)n2)cc1. The van der Waals surface area contributed by atoms with Crippen molar-refractivity contribution < 1.29 is 4.52 Å². The lowest BCUT2D eigenvalue weighted by atomic mass is 10.1. The molecule has 1 aromatic carbocycles. The van der Waals surface area contributed by atoms with Gasteiger partial charge in [0.25, 0.3) is 0 Å². The van der Waals surface area contributed by atoms with Crippen LogP contribution in [0.15, 0.2) is 39.0 Å². The second-order valence-electron chi connectivity index (χ2n) is 5.39. The van der Waals surface area contributed by atoms with Crippen molar-refractivity contribution >= 4 is 12.2 Å². The summed E-state index contributed by atoms with van der Waals surface area (Å²) in [6.07, 6.45) is 4.05. The summed E-state index contributed by atoms with van der Waals surface area (Å²) in [6, 6.07) is 7.58. The Morgan fingerprint density at radius 3 is 2.65 bits per heavy atom. The average Bonchev–Trinajstić information content (AvgIpc) is 3.20. The number of nitrogens with zero attached hydrogens (tertiary/aromatic N) is 5. The molecule has 1 aromatic heterocycles. The second kappa shape index (κ2) is 7.01. The molecular formula is C15H19N7O. The Hall–Kier alpha value is -2.74. The zero-order valence-corrected chi connectivity index (χ0v) is 12.7. The molecular weight excluding hydrogens is 294 g/mol. The molecule has 8 nitrogen and oxygen atoms in total.